The summed E-state index contributed by atoms with van der Waals surface area (Å²) in [7, 11) is -8.85. The Morgan fingerprint density at radius 2 is 1.37 bits per heavy atom. The third kappa shape index (κ3) is 26.0. The Kier molecular flexibility index (Phi) is 14.8. The van der Waals surface area contributed by atoms with Gasteiger partial charge in [-0.2, -0.15) is 0 Å². The Bertz CT molecular complexity index is 769. The van der Waals surface area contributed by atoms with Crippen LogP contribution < -0.4 is 9.13 Å². The van der Waals surface area contributed by atoms with Gasteiger partial charge in [-0.15, -0.1) is 0 Å². The molecule has 2 heterocycles. The molecular weight excluding hydrogens is 400 g/mol. The lowest BCUT2D eigenvalue weighted by Crippen LogP contribution is -2.19. The molecule has 2 aromatic rings. The largest absolute Gasteiger partial charge is 0.748 e. The minimum Gasteiger partial charge on any atom is -0.748 e. The molecule has 13 heteroatoms. The minimum atomic E-state index is -4.92. The summed E-state index contributed by atoms with van der Waals surface area (Å²) in [6, 6.07) is 0. The topological polar surface area (TPSA) is 174 Å². The van der Waals surface area contributed by atoms with Crippen LogP contribution in [0, 0.1) is 0 Å². The molecule has 2 aromatic heterocycles. The van der Waals surface area contributed by atoms with Gasteiger partial charge in [0.2, 0.25) is 23.1 Å². The average molecular weight is 425 g/mol. The third-order valence-electron chi connectivity index (χ3n) is 2.30. The molecule has 0 aromatic carbocycles. The summed E-state index contributed by atoms with van der Waals surface area (Å²) >= 11 is 0. The fourth-order valence-corrected chi connectivity index (χ4v) is 1.79. The van der Waals surface area contributed by atoms with Crippen LogP contribution in [0.25, 0.3) is 12.4 Å². The number of aromatic amines is 2. The van der Waals surface area contributed by atoms with Crippen LogP contribution in [0.4, 0.5) is 0 Å². The second kappa shape index (κ2) is 14.8. The first kappa shape index (κ1) is 26.9. The maximum Gasteiger partial charge on any atom is 0.246 e. The van der Waals surface area contributed by atoms with Gasteiger partial charge in [-0.05, 0) is 6.42 Å². The maximum atomic E-state index is 9.83. The van der Waals surface area contributed by atoms with E-state index in [1.807, 2.05) is 53.5 Å². The lowest BCUT2D eigenvalue weighted by Gasteiger charge is -2.02. The van der Waals surface area contributed by atoms with Crippen LogP contribution in [0.3, 0.4) is 0 Å². The van der Waals surface area contributed by atoms with Gasteiger partial charge in [0.15, 0.2) is 0 Å². The number of imidazole rings is 2. The zero-order chi connectivity index (χ0) is 21.3. The highest BCUT2D eigenvalue weighted by atomic mass is 32.3. The number of aromatic nitrogens is 4. The van der Waals surface area contributed by atoms with E-state index in [-0.39, 0.29) is 5.75 Å². The summed E-state index contributed by atoms with van der Waals surface area (Å²) in [6.07, 6.45) is 15.7. The number of hydrogen-bond acceptors (Lipinski definition) is 6. The number of nitrogens with one attached hydrogen (secondary N) is 2. The van der Waals surface area contributed by atoms with E-state index in [1.165, 1.54) is 0 Å². The van der Waals surface area contributed by atoms with Crippen molar-refractivity contribution in [3.8, 4) is 0 Å². The maximum absolute atomic E-state index is 9.83. The molecule has 2 rings (SSSR count). The molecule has 0 fully saturated rings. The fraction of sp³-hybridized carbons (Fsp3) is 0.286. The summed E-state index contributed by atoms with van der Waals surface area (Å²) in [6.45, 7) is 8.93. The van der Waals surface area contributed by atoms with Gasteiger partial charge in [0.05, 0.1) is 22.5 Å². The normalized spacial score (nSPS) is 10.1. The molecule has 154 valence electrons. The van der Waals surface area contributed by atoms with Crippen LogP contribution in [0.2, 0.25) is 0 Å². The SMILES string of the molecule is C=C[n+]1cc[nH]c1.C=C[n+]1cc[nH]c1.CCCCS(=O)(=O)[O-].O=S(=O)([O-])O. The van der Waals surface area contributed by atoms with E-state index in [9.17, 15) is 13.0 Å². The van der Waals surface area contributed by atoms with Crippen molar-refractivity contribution in [2.45, 2.75) is 19.8 Å². The lowest BCUT2D eigenvalue weighted by molar-refractivity contribution is -0.566. The van der Waals surface area contributed by atoms with Crippen molar-refractivity contribution in [2.24, 2.45) is 0 Å². The Morgan fingerprint density at radius 1 is 1.00 bits per heavy atom. The minimum absolute atomic E-state index is 0.219. The molecule has 0 saturated carbocycles. The Balaban J connectivity index is 0. The summed E-state index contributed by atoms with van der Waals surface area (Å²) in [5.41, 5.74) is 0. The summed E-state index contributed by atoms with van der Waals surface area (Å²) < 4.78 is 66.0. The van der Waals surface area contributed by atoms with E-state index < -0.39 is 20.5 Å². The average Bonchev–Trinajstić information content (AvgIpc) is 3.24. The van der Waals surface area contributed by atoms with Gasteiger partial charge < -0.3 is 9.11 Å². The molecule has 0 aliphatic carbocycles. The molecule has 0 bridgehead atoms. The molecule has 0 aliphatic rings. The van der Waals surface area contributed by atoms with Crippen molar-refractivity contribution < 1.29 is 39.6 Å². The zero-order valence-corrected chi connectivity index (χ0v) is 16.4. The fourth-order valence-electron chi connectivity index (χ4n) is 1.15. The van der Waals surface area contributed by atoms with Crippen molar-refractivity contribution in [3.05, 3.63) is 50.6 Å². The second-order valence-electron chi connectivity index (χ2n) is 4.53. The van der Waals surface area contributed by atoms with Crippen molar-refractivity contribution in [2.75, 3.05) is 5.75 Å². The van der Waals surface area contributed by atoms with Gasteiger partial charge in [-0.1, -0.05) is 26.5 Å². The first-order chi connectivity index (χ1) is 12.4. The van der Waals surface area contributed by atoms with Crippen LogP contribution in [-0.4, -0.2) is 46.2 Å². The molecular formula is C14H24N4O7S2. The van der Waals surface area contributed by atoms with Crippen LogP contribution in [0.15, 0.2) is 50.6 Å². The van der Waals surface area contributed by atoms with E-state index in [4.69, 9.17) is 17.5 Å². The van der Waals surface area contributed by atoms with Gasteiger partial charge in [0.25, 0.3) is 0 Å². The summed E-state index contributed by atoms with van der Waals surface area (Å²) in [5, 5.41) is 0. The second-order valence-corrected chi connectivity index (χ2v) is 6.90. The summed E-state index contributed by atoms with van der Waals surface area (Å²) in [5.74, 6) is -0.219. The van der Waals surface area contributed by atoms with Gasteiger partial charge in [-0.25, -0.2) is 35.9 Å². The number of nitrogens with zero attached hydrogens (tertiary/aromatic N) is 2. The number of H-pyrrole nitrogens is 2. The smallest absolute Gasteiger partial charge is 0.246 e. The van der Waals surface area contributed by atoms with Gasteiger partial charge in [-0.3, -0.25) is 4.55 Å². The van der Waals surface area contributed by atoms with Crippen molar-refractivity contribution in [1.82, 2.24) is 9.97 Å². The van der Waals surface area contributed by atoms with E-state index in [1.54, 1.807) is 12.4 Å². The van der Waals surface area contributed by atoms with Crippen LogP contribution >= 0.6 is 0 Å². The molecule has 11 nitrogen and oxygen atoms in total. The first-order valence-corrected chi connectivity index (χ1v) is 10.3. The number of unbranched alkanes of at least 4 members (excludes halogenated alkanes) is 1. The van der Waals surface area contributed by atoms with Crippen LogP contribution in [-0.2, 0) is 20.5 Å². The molecule has 0 unspecified atom stereocenters. The molecule has 0 spiro atoms. The Labute approximate surface area is 159 Å². The Morgan fingerprint density at radius 3 is 1.48 bits per heavy atom. The van der Waals surface area contributed by atoms with Crippen molar-refractivity contribution in [3.63, 3.8) is 0 Å². The molecule has 0 amide bonds. The Hall–Kier alpha value is -2.32. The highest BCUT2D eigenvalue weighted by Crippen LogP contribution is 1.90. The van der Waals surface area contributed by atoms with Crippen LogP contribution in [0.1, 0.15) is 19.8 Å². The van der Waals surface area contributed by atoms with E-state index in [0.29, 0.717) is 6.42 Å². The lowest BCUT2D eigenvalue weighted by atomic mass is 10.4. The van der Waals surface area contributed by atoms with Crippen molar-refractivity contribution >= 4 is 32.9 Å². The van der Waals surface area contributed by atoms with Gasteiger partial charge in [0, 0.05) is 5.75 Å². The standard InChI is InChI=1S/2C5H6N2.C4H10O3S.H2O4S/c2*1-2-7-4-3-6-5-7;1-2-3-4-8(5,6)7;1-5(2,3)4/h2*2-5H,1H2;2-4H2,1H3,(H,5,6,7);(H2,1,2,3,4). The van der Waals surface area contributed by atoms with Gasteiger partial charge >= 0.3 is 0 Å². The predicted molar refractivity (Wildman–Crippen MR) is 96.5 cm³/mol. The highest BCUT2D eigenvalue weighted by molar-refractivity contribution is 7.85. The van der Waals surface area contributed by atoms with E-state index in [2.05, 4.69) is 23.1 Å². The van der Waals surface area contributed by atoms with Crippen molar-refractivity contribution in [1.29, 1.82) is 0 Å². The summed E-state index contributed by atoms with van der Waals surface area (Å²) in [4.78, 5) is 5.74. The van der Waals surface area contributed by atoms with E-state index >= 15 is 0 Å². The number of rotatable bonds is 5. The molecule has 0 aliphatic heterocycles. The molecule has 0 radical (unpaired) electrons. The monoisotopic (exact) mass is 424 g/mol. The molecule has 0 saturated heterocycles. The van der Waals surface area contributed by atoms with Gasteiger partial charge in [0.1, 0.15) is 24.8 Å². The number of hydrogen-bond donors (Lipinski definition) is 3. The third-order valence-corrected chi connectivity index (χ3v) is 3.09. The molecule has 0 atom stereocenters. The quantitative estimate of drug-likeness (QED) is 0.347. The molecule has 27 heavy (non-hydrogen) atoms. The zero-order valence-electron chi connectivity index (χ0n) is 14.8. The molecule has 3 N–H and O–H groups in total. The highest BCUT2D eigenvalue weighted by Gasteiger charge is 1.90. The first-order valence-electron chi connectivity index (χ1n) is 7.37. The predicted octanol–water partition coefficient (Wildman–Crippen LogP) is 0.142. The van der Waals surface area contributed by atoms with Crippen LogP contribution in [0.5, 0.6) is 0 Å². The van der Waals surface area contributed by atoms with E-state index in [0.717, 1.165) is 6.42 Å².